The van der Waals surface area contributed by atoms with Crippen LogP contribution < -0.4 is 0 Å². The van der Waals surface area contributed by atoms with Crippen molar-refractivity contribution in [2.75, 3.05) is 33.4 Å². The van der Waals surface area contributed by atoms with Crippen molar-refractivity contribution in [3.8, 4) is 0 Å². The highest BCUT2D eigenvalue weighted by atomic mass is 28.4. The molecule has 23 heavy (non-hydrogen) atoms. The minimum absolute atomic E-state index is 0.732. The summed E-state index contributed by atoms with van der Waals surface area (Å²) in [5.41, 5.74) is 0. The van der Waals surface area contributed by atoms with Crippen molar-refractivity contribution in [3.63, 3.8) is 0 Å². The molecule has 0 aromatic carbocycles. The van der Waals surface area contributed by atoms with Gasteiger partial charge in [-0.2, -0.15) is 0 Å². The molecule has 0 N–H and O–H groups in total. The molecule has 0 aromatic heterocycles. The largest absolute Gasteiger partial charge is 0.427 e. The Kier molecular flexibility index (Phi) is 12.8. The molecular weight excluding hydrogens is 322 g/mol. The number of nitrogens with zero attached hydrogens (tertiary/aromatic N) is 1. The third-order valence-electron chi connectivity index (χ3n) is 4.38. The van der Waals surface area contributed by atoms with Crippen LogP contribution in [0, 0.1) is 0 Å². The molecule has 0 rings (SSSR count). The highest BCUT2D eigenvalue weighted by Crippen LogP contribution is 2.27. The fourth-order valence-corrected chi connectivity index (χ4v) is 9.52. The van der Waals surface area contributed by atoms with Gasteiger partial charge in [-0.15, -0.1) is 0 Å². The van der Waals surface area contributed by atoms with E-state index in [1.807, 2.05) is 7.11 Å². The molecule has 0 aliphatic carbocycles. The zero-order chi connectivity index (χ0) is 17.8. The Balaban J connectivity index is 5.26. The number of unbranched alkanes of at least 4 members (excludes halogenated alkanes) is 2. The van der Waals surface area contributed by atoms with Crippen molar-refractivity contribution >= 4 is 17.0 Å². The second-order valence-corrected chi connectivity index (χ2v) is 14.3. The highest BCUT2D eigenvalue weighted by Gasteiger charge is 2.45. The van der Waals surface area contributed by atoms with Crippen molar-refractivity contribution in [2.24, 2.45) is 0 Å². The first-order valence-corrected chi connectivity index (χ1v) is 14.6. The van der Waals surface area contributed by atoms with Crippen molar-refractivity contribution in [1.82, 2.24) is 4.57 Å². The summed E-state index contributed by atoms with van der Waals surface area (Å²) < 4.78 is 21.1. The maximum Gasteiger partial charge on any atom is 0.427 e. The molecule has 0 aliphatic rings. The molecule has 0 bridgehead atoms. The van der Waals surface area contributed by atoms with Gasteiger partial charge in [0, 0.05) is 26.4 Å². The van der Waals surface area contributed by atoms with E-state index < -0.39 is 17.0 Å². The molecule has 0 saturated heterocycles. The second-order valence-electron chi connectivity index (χ2n) is 6.74. The molecule has 0 unspecified atom stereocenters. The van der Waals surface area contributed by atoms with Gasteiger partial charge >= 0.3 is 8.72 Å². The molecule has 6 heteroatoms. The Morgan fingerprint density at radius 3 is 1.61 bits per heavy atom. The summed E-state index contributed by atoms with van der Waals surface area (Å²) in [6.45, 7) is 16.9. The zero-order valence-electron chi connectivity index (χ0n) is 16.7. The van der Waals surface area contributed by atoms with Gasteiger partial charge in [0.2, 0.25) is 0 Å². The Hall–Kier alpha value is 0.274. The lowest BCUT2D eigenvalue weighted by Crippen LogP contribution is -2.60. The van der Waals surface area contributed by atoms with Gasteiger partial charge in [-0.1, -0.05) is 26.7 Å². The van der Waals surface area contributed by atoms with Gasteiger partial charge in [-0.3, -0.25) is 4.57 Å². The van der Waals surface area contributed by atoms with E-state index in [0.29, 0.717) is 0 Å². The van der Waals surface area contributed by atoms with Crippen LogP contribution in [0.15, 0.2) is 0 Å². The molecular formula is C17H41NO3Si2. The van der Waals surface area contributed by atoms with E-state index in [-0.39, 0.29) is 0 Å². The molecule has 0 spiro atoms. The van der Waals surface area contributed by atoms with Crippen LogP contribution in [0.2, 0.25) is 25.2 Å². The summed E-state index contributed by atoms with van der Waals surface area (Å²) >= 11 is 0. The first-order chi connectivity index (χ1) is 10.9. The summed E-state index contributed by atoms with van der Waals surface area (Å²) in [6, 6.07) is 2.12. The topological polar surface area (TPSA) is 30.9 Å². The van der Waals surface area contributed by atoms with Crippen LogP contribution in [-0.4, -0.2) is 55.0 Å². The van der Waals surface area contributed by atoms with E-state index in [0.717, 1.165) is 38.4 Å². The van der Waals surface area contributed by atoms with Crippen LogP contribution in [0.1, 0.15) is 53.4 Å². The fraction of sp³-hybridized carbons (Fsp3) is 1.00. The van der Waals surface area contributed by atoms with Gasteiger partial charge in [0.25, 0.3) is 0 Å². The quantitative estimate of drug-likeness (QED) is 0.393. The average Bonchev–Trinajstić information content (AvgIpc) is 2.53. The second kappa shape index (κ2) is 12.6. The molecule has 140 valence electrons. The molecule has 0 fully saturated rings. The maximum absolute atomic E-state index is 6.38. The molecule has 0 aromatic rings. The van der Waals surface area contributed by atoms with Crippen LogP contribution in [0.5, 0.6) is 0 Å². The monoisotopic (exact) mass is 363 g/mol. The minimum atomic E-state index is -2.34. The number of hydrogen-bond acceptors (Lipinski definition) is 4. The summed E-state index contributed by atoms with van der Waals surface area (Å²) in [4.78, 5) is 0. The van der Waals surface area contributed by atoms with Crippen molar-refractivity contribution in [3.05, 3.63) is 0 Å². The Morgan fingerprint density at radius 2 is 1.26 bits per heavy atom. The van der Waals surface area contributed by atoms with Crippen LogP contribution in [-0.2, 0) is 13.3 Å². The smallest absolute Gasteiger partial charge is 0.420 e. The van der Waals surface area contributed by atoms with Gasteiger partial charge in [0.1, 0.15) is 0 Å². The summed E-state index contributed by atoms with van der Waals surface area (Å²) in [7, 11) is -2.09. The number of rotatable bonds is 15. The van der Waals surface area contributed by atoms with Gasteiger partial charge in [0.05, 0.1) is 0 Å². The van der Waals surface area contributed by atoms with E-state index in [1.54, 1.807) is 0 Å². The Bertz CT molecular complexity index is 277. The molecule has 0 aliphatic heterocycles. The predicted octanol–water partition coefficient (Wildman–Crippen LogP) is 4.75. The van der Waals surface area contributed by atoms with Gasteiger partial charge in [0.15, 0.2) is 8.32 Å². The van der Waals surface area contributed by atoms with Crippen molar-refractivity contribution in [1.29, 1.82) is 0 Å². The van der Waals surface area contributed by atoms with Gasteiger partial charge in [-0.05, 0) is 58.9 Å². The van der Waals surface area contributed by atoms with E-state index in [2.05, 4.69) is 45.4 Å². The third kappa shape index (κ3) is 8.79. The van der Waals surface area contributed by atoms with Gasteiger partial charge < -0.3 is 13.3 Å². The van der Waals surface area contributed by atoms with E-state index in [1.165, 1.54) is 25.7 Å². The minimum Gasteiger partial charge on any atom is -0.420 e. The van der Waals surface area contributed by atoms with Crippen LogP contribution >= 0.6 is 0 Å². The SMILES string of the molecule is CCCCN(CCCC)[Si](CC[Si](C)(C)OC)(OCC)OCC. The third-order valence-corrected chi connectivity index (χ3v) is 11.2. The van der Waals surface area contributed by atoms with E-state index in [9.17, 15) is 0 Å². The van der Waals surface area contributed by atoms with Crippen LogP contribution in [0.25, 0.3) is 0 Å². The van der Waals surface area contributed by atoms with Crippen LogP contribution in [0.4, 0.5) is 0 Å². The molecule has 0 saturated carbocycles. The first kappa shape index (κ1) is 23.3. The average molecular weight is 364 g/mol. The lowest BCUT2D eigenvalue weighted by molar-refractivity contribution is 0.118. The summed E-state index contributed by atoms with van der Waals surface area (Å²) in [5, 5.41) is 0. The Labute approximate surface area is 147 Å². The summed E-state index contributed by atoms with van der Waals surface area (Å²) in [5.74, 6) is 0. The zero-order valence-corrected chi connectivity index (χ0v) is 18.7. The van der Waals surface area contributed by atoms with Crippen molar-refractivity contribution in [2.45, 2.75) is 78.6 Å². The fourth-order valence-electron chi connectivity index (χ4n) is 2.69. The van der Waals surface area contributed by atoms with E-state index in [4.69, 9.17) is 13.3 Å². The van der Waals surface area contributed by atoms with Gasteiger partial charge in [-0.25, -0.2) is 0 Å². The standard InChI is InChI=1S/C17H41NO3Si2/c1-8-12-14-18(15-13-9-2)23(20-10-3,21-11-4)17-16-22(6,7)19-5/h8-17H2,1-7H3. The predicted molar refractivity (Wildman–Crippen MR) is 105 cm³/mol. The lowest BCUT2D eigenvalue weighted by atomic mass is 10.3. The maximum atomic E-state index is 6.38. The lowest BCUT2D eigenvalue weighted by Gasteiger charge is -2.41. The molecule has 0 atom stereocenters. The normalized spacial score (nSPS) is 13.0. The summed E-state index contributed by atoms with van der Waals surface area (Å²) in [6.07, 6.45) is 4.85. The molecule has 0 radical (unpaired) electrons. The molecule has 0 amide bonds. The van der Waals surface area contributed by atoms with Crippen LogP contribution in [0.3, 0.4) is 0 Å². The Morgan fingerprint density at radius 1 is 0.783 bits per heavy atom. The highest BCUT2D eigenvalue weighted by molar-refractivity contribution is 6.74. The molecule has 0 heterocycles. The van der Waals surface area contributed by atoms with E-state index >= 15 is 0 Å². The number of hydrogen-bond donors (Lipinski definition) is 0. The molecule has 4 nitrogen and oxygen atoms in total. The first-order valence-electron chi connectivity index (χ1n) is 9.49. The van der Waals surface area contributed by atoms with Crippen molar-refractivity contribution < 1.29 is 13.3 Å².